The molecule has 0 aliphatic carbocycles. The van der Waals surface area contributed by atoms with E-state index in [1.54, 1.807) is 0 Å². The van der Waals surface area contributed by atoms with Crippen LogP contribution in [0, 0.1) is 5.82 Å². The van der Waals surface area contributed by atoms with Crippen LogP contribution in [0.25, 0.3) is 0 Å². The molecule has 7 nitrogen and oxygen atoms in total. The summed E-state index contributed by atoms with van der Waals surface area (Å²) in [5.41, 5.74) is 0.00589. The van der Waals surface area contributed by atoms with Gasteiger partial charge in [0.05, 0.1) is 16.3 Å². The minimum atomic E-state index is -3.97. The van der Waals surface area contributed by atoms with Gasteiger partial charge in [0.2, 0.25) is 20.0 Å². The van der Waals surface area contributed by atoms with E-state index in [-0.39, 0.29) is 22.9 Å². The van der Waals surface area contributed by atoms with Gasteiger partial charge in [-0.3, -0.25) is 0 Å². The van der Waals surface area contributed by atoms with E-state index in [0.717, 1.165) is 16.4 Å². The molecule has 1 aromatic carbocycles. The summed E-state index contributed by atoms with van der Waals surface area (Å²) in [5.74, 6) is -1.03. The van der Waals surface area contributed by atoms with Crippen LogP contribution in [0.2, 0.25) is 0 Å². The summed E-state index contributed by atoms with van der Waals surface area (Å²) in [6, 6.07) is 3.11. The fraction of sp³-hybridized carbons (Fsp3) is 0.400. The van der Waals surface area contributed by atoms with Gasteiger partial charge < -0.3 is 5.32 Å². The Morgan fingerprint density at radius 2 is 1.85 bits per heavy atom. The smallest absolute Gasteiger partial charge is 0.238 e. The molecule has 0 saturated carbocycles. The minimum absolute atomic E-state index is 0.00589. The zero-order chi connectivity index (χ0) is 15.6. The van der Waals surface area contributed by atoms with Gasteiger partial charge in [0.1, 0.15) is 5.82 Å². The molecule has 0 atom stereocenters. The van der Waals surface area contributed by atoms with Crippen molar-refractivity contribution < 1.29 is 21.2 Å². The lowest BCUT2D eigenvalue weighted by Crippen LogP contribution is -2.28. The maximum atomic E-state index is 13.6. The summed E-state index contributed by atoms with van der Waals surface area (Å²) in [6.07, 6.45) is 0. The summed E-state index contributed by atoms with van der Waals surface area (Å²) in [4.78, 5) is -0.346. The SMILES string of the molecule is CN(C)S(=O)(=O)CCNc1ccc(S(N)(=O)=O)cc1F. The van der Waals surface area contributed by atoms with Crippen molar-refractivity contribution in [1.29, 1.82) is 0 Å². The van der Waals surface area contributed by atoms with Crippen molar-refractivity contribution in [3.05, 3.63) is 24.0 Å². The van der Waals surface area contributed by atoms with Crippen molar-refractivity contribution in [2.24, 2.45) is 5.14 Å². The van der Waals surface area contributed by atoms with Crippen LogP contribution in [0.15, 0.2) is 23.1 Å². The molecular weight excluding hydrogens is 309 g/mol. The summed E-state index contributed by atoms with van der Waals surface area (Å²) in [5, 5.41) is 7.45. The molecule has 0 bridgehead atoms. The normalized spacial score (nSPS) is 12.7. The van der Waals surface area contributed by atoms with E-state index in [1.165, 1.54) is 20.2 Å². The molecule has 0 unspecified atom stereocenters. The van der Waals surface area contributed by atoms with Gasteiger partial charge in [-0.05, 0) is 18.2 Å². The molecule has 20 heavy (non-hydrogen) atoms. The van der Waals surface area contributed by atoms with E-state index in [9.17, 15) is 21.2 Å². The van der Waals surface area contributed by atoms with Gasteiger partial charge in [-0.15, -0.1) is 0 Å². The fourth-order valence-corrected chi connectivity index (χ4v) is 2.56. The lowest BCUT2D eigenvalue weighted by atomic mass is 10.3. The first-order chi connectivity index (χ1) is 9.04. The topological polar surface area (TPSA) is 110 Å². The predicted molar refractivity (Wildman–Crippen MR) is 73.7 cm³/mol. The Morgan fingerprint density at radius 1 is 1.25 bits per heavy atom. The lowest BCUT2D eigenvalue weighted by molar-refractivity contribution is 0.521. The van der Waals surface area contributed by atoms with E-state index >= 15 is 0 Å². The summed E-state index contributed by atoms with van der Waals surface area (Å²) in [7, 11) is -4.55. The van der Waals surface area contributed by atoms with Crippen LogP contribution in [0.4, 0.5) is 10.1 Å². The van der Waals surface area contributed by atoms with Crippen molar-refractivity contribution in [3.8, 4) is 0 Å². The standard InChI is InChI=1S/C10H16FN3O4S2/c1-14(2)19(15,16)6-5-13-10-4-3-8(7-9(10)11)20(12,17)18/h3-4,7,13H,5-6H2,1-2H3,(H2,12,17,18). The van der Waals surface area contributed by atoms with Crippen LogP contribution < -0.4 is 10.5 Å². The van der Waals surface area contributed by atoms with Crippen molar-refractivity contribution in [3.63, 3.8) is 0 Å². The number of sulfonamides is 2. The van der Waals surface area contributed by atoms with E-state index in [2.05, 4.69) is 5.32 Å². The Morgan fingerprint density at radius 3 is 2.30 bits per heavy atom. The van der Waals surface area contributed by atoms with Gasteiger partial charge in [-0.25, -0.2) is 30.7 Å². The molecule has 0 amide bonds. The summed E-state index contributed by atoms with van der Waals surface area (Å²) in [6.45, 7) is -0.00778. The molecule has 10 heteroatoms. The van der Waals surface area contributed by atoms with Crippen LogP contribution in [-0.2, 0) is 20.0 Å². The summed E-state index contributed by atoms with van der Waals surface area (Å²) >= 11 is 0. The second-order valence-electron chi connectivity index (χ2n) is 4.21. The second-order valence-corrected chi connectivity index (χ2v) is 8.08. The average Bonchev–Trinajstić information content (AvgIpc) is 2.29. The molecule has 3 N–H and O–H groups in total. The van der Waals surface area contributed by atoms with Crippen LogP contribution in [-0.4, -0.2) is 47.5 Å². The van der Waals surface area contributed by atoms with E-state index in [0.29, 0.717) is 0 Å². The Labute approximate surface area is 117 Å². The number of primary sulfonamides is 1. The van der Waals surface area contributed by atoms with Crippen LogP contribution in [0.5, 0.6) is 0 Å². The van der Waals surface area contributed by atoms with Crippen LogP contribution in [0.3, 0.4) is 0 Å². The van der Waals surface area contributed by atoms with Gasteiger partial charge in [-0.1, -0.05) is 0 Å². The maximum absolute atomic E-state index is 13.6. The number of benzene rings is 1. The third-order valence-electron chi connectivity index (χ3n) is 2.50. The highest BCUT2D eigenvalue weighted by atomic mass is 32.2. The molecule has 114 valence electrons. The number of nitrogens with one attached hydrogen (secondary N) is 1. The predicted octanol–water partition coefficient (Wildman–Crippen LogP) is -0.224. The number of halogens is 1. The third kappa shape index (κ3) is 4.40. The van der Waals surface area contributed by atoms with Crippen LogP contribution >= 0.6 is 0 Å². The largest absolute Gasteiger partial charge is 0.382 e. The summed E-state index contributed by atoms with van der Waals surface area (Å²) < 4.78 is 59.7. The molecular formula is C10H16FN3O4S2. The number of rotatable bonds is 6. The average molecular weight is 325 g/mol. The highest BCUT2D eigenvalue weighted by Gasteiger charge is 2.14. The number of nitrogens with zero attached hydrogens (tertiary/aromatic N) is 1. The van der Waals surface area contributed by atoms with Gasteiger partial charge >= 0.3 is 0 Å². The second kappa shape index (κ2) is 6.04. The molecule has 0 spiro atoms. The Bertz CT molecular complexity index is 686. The molecule has 1 rings (SSSR count). The molecule has 0 radical (unpaired) electrons. The third-order valence-corrected chi connectivity index (χ3v) is 5.24. The van der Waals surface area contributed by atoms with Crippen molar-refractivity contribution >= 4 is 25.7 Å². The fourth-order valence-electron chi connectivity index (χ4n) is 1.31. The molecule has 0 fully saturated rings. The first-order valence-corrected chi connectivity index (χ1v) is 8.66. The highest BCUT2D eigenvalue weighted by Crippen LogP contribution is 2.17. The zero-order valence-electron chi connectivity index (χ0n) is 11.0. The quantitative estimate of drug-likeness (QED) is 0.751. The van der Waals surface area contributed by atoms with E-state index in [4.69, 9.17) is 5.14 Å². The van der Waals surface area contributed by atoms with Gasteiger partial charge in [0.25, 0.3) is 0 Å². The van der Waals surface area contributed by atoms with Gasteiger partial charge in [0, 0.05) is 20.6 Å². The van der Waals surface area contributed by atoms with Crippen molar-refractivity contribution in [2.75, 3.05) is 31.7 Å². The monoisotopic (exact) mass is 325 g/mol. The van der Waals surface area contributed by atoms with Crippen molar-refractivity contribution in [2.45, 2.75) is 4.90 Å². The van der Waals surface area contributed by atoms with Gasteiger partial charge in [0.15, 0.2) is 0 Å². The Hall–Kier alpha value is -1.23. The number of nitrogens with two attached hydrogens (primary N) is 1. The van der Waals surface area contributed by atoms with Gasteiger partial charge in [-0.2, -0.15) is 0 Å². The number of hydrogen-bond acceptors (Lipinski definition) is 5. The Balaban J connectivity index is 2.76. The minimum Gasteiger partial charge on any atom is -0.382 e. The molecule has 0 aliphatic heterocycles. The molecule has 0 saturated heterocycles. The molecule has 0 aliphatic rings. The molecule has 0 heterocycles. The number of anilines is 1. The highest BCUT2D eigenvalue weighted by molar-refractivity contribution is 7.89. The molecule has 0 aromatic heterocycles. The Kier molecular flexibility index (Phi) is 5.08. The van der Waals surface area contributed by atoms with E-state index in [1.807, 2.05) is 0 Å². The maximum Gasteiger partial charge on any atom is 0.238 e. The first-order valence-electron chi connectivity index (χ1n) is 5.50. The first kappa shape index (κ1) is 16.8. The lowest BCUT2D eigenvalue weighted by Gasteiger charge is -2.12. The van der Waals surface area contributed by atoms with Crippen molar-refractivity contribution in [1.82, 2.24) is 4.31 Å². The zero-order valence-corrected chi connectivity index (χ0v) is 12.6. The number of hydrogen-bond donors (Lipinski definition) is 2. The van der Waals surface area contributed by atoms with Crippen LogP contribution in [0.1, 0.15) is 0 Å². The van der Waals surface area contributed by atoms with E-state index < -0.39 is 25.9 Å². The molecule has 1 aromatic rings.